The Labute approximate surface area is 170 Å². The maximum atomic E-state index is 13.1. The number of carbonyl (C=O) groups is 3. The van der Waals surface area contributed by atoms with E-state index in [1.165, 1.54) is 7.11 Å². The number of fused-ring (bicyclic) bond motifs is 3. The molecule has 3 rings (SSSR count). The number of hydrogen-bond donors (Lipinski definition) is 0. The molecule has 1 aliphatic heterocycles. The number of ketones is 1. The summed E-state index contributed by atoms with van der Waals surface area (Å²) < 4.78 is 22.3. The first-order valence-corrected chi connectivity index (χ1v) is 9.39. The SMILES string of the molecule is CO[C@@]12O[C@H](C(=O)OC(C)(C)C)C(C(=O)OC(C)(C)C)=C1c1ccccc1C2=O. The van der Waals surface area contributed by atoms with Gasteiger partial charge in [0.1, 0.15) is 11.2 Å². The second-order valence-corrected chi connectivity index (χ2v) is 9.02. The molecule has 156 valence electrons. The van der Waals surface area contributed by atoms with E-state index in [0.29, 0.717) is 11.1 Å². The Morgan fingerprint density at radius 1 is 0.966 bits per heavy atom. The van der Waals surface area contributed by atoms with Crippen molar-refractivity contribution < 1.29 is 33.3 Å². The summed E-state index contributed by atoms with van der Waals surface area (Å²) >= 11 is 0. The highest BCUT2D eigenvalue weighted by Gasteiger charge is 2.62. The van der Waals surface area contributed by atoms with Crippen molar-refractivity contribution in [1.29, 1.82) is 0 Å². The Balaban J connectivity index is 2.22. The minimum Gasteiger partial charge on any atom is -0.458 e. The topological polar surface area (TPSA) is 88.1 Å². The Kier molecular flexibility index (Phi) is 4.96. The van der Waals surface area contributed by atoms with Gasteiger partial charge in [0.2, 0.25) is 5.78 Å². The van der Waals surface area contributed by atoms with Crippen molar-refractivity contribution in [3.05, 3.63) is 41.0 Å². The van der Waals surface area contributed by atoms with Crippen LogP contribution >= 0.6 is 0 Å². The highest BCUT2D eigenvalue weighted by Crippen LogP contribution is 2.51. The summed E-state index contributed by atoms with van der Waals surface area (Å²) in [6.07, 6.45) is -1.45. The molecule has 1 heterocycles. The lowest BCUT2D eigenvalue weighted by Gasteiger charge is -2.26. The van der Waals surface area contributed by atoms with Crippen molar-refractivity contribution >= 4 is 23.3 Å². The van der Waals surface area contributed by atoms with Gasteiger partial charge in [-0.25, -0.2) is 9.59 Å². The zero-order valence-corrected chi connectivity index (χ0v) is 17.7. The number of ether oxygens (including phenoxy) is 4. The van der Waals surface area contributed by atoms with Gasteiger partial charge in [-0.1, -0.05) is 24.3 Å². The molecule has 1 aromatic carbocycles. The Hall–Kier alpha value is -2.51. The average molecular weight is 402 g/mol. The Morgan fingerprint density at radius 3 is 2.03 bits per heavy atom. The van der Waals surface area contributed by atoms with Crippen LogP contribution in [0.2, 0.25) is 0 Å². The van der Waals surface area contributed by atoms with Gasteiger partial charge in [-0.3, -0.25) is 4.79 Å². The van der Waals surface area contributed by atoms with Crippen LogP contribution in [0.15, 0.2) is 29.8 Å². The molecule has 0 fully saturated rings. The molecule has 0 bridgehead atoms. The summed E-state index contributed by atoms with van der Waals surface area (Å²) in [5.41, 5.74) is -0.674. The normalized spacial score (nSPS) is 23.7. The molecule has 2 aliphatic rings. The van der Waals surface area contributed by atoms with Crippen LogP contribution in [0.1, 0.15) is 57.5 Å². The van der Waals surface area contributed by atoms with Gasteiger partial charge in [-0.15, -0.1) is 0 Å². The standard InChI is InChI=1S/C22H26O7/c1-20(2,3)28-18(24)14-15-12-10-8-9-11-13(12)17(23)22(15,26-7)27-16(14)19(25)29-21(4,5)6/h8-11,16H,1-7H3/t16-,22+/m0/s1. The predicted octanol–water partition coefficient (Wildman–Crippen LogP) is 3.06. The zero-order chi connectivity index (χ0) is 21.8. The van der Waals surface area contributed by atoms with E-state index in [0.717, 1.165) is 0 Å². The fraction of sp³-hybridized carbons (Fsp3) is 0.500. The molecule has 7 nitrogen and oxygen atoms in total. The van der Waals surface area contributed by atoms with Crippen LogP contribution in [0.4, 0.5) is 0 Å². The van der Waals surface area contributed by atoms with Gasteiger partial charge >= 0.3 is 11.9 Å². The molecule has 0 amide bonds. The highest BCUT2D eigenvalue weighted by molar-refractivity contribution is 6.24. The van der Waals surface area contributed by atoms with Crippen LogP contribution < -0.4 is 0 Å². The number of Topliss-reactive ketones (excluding diaryl/α,β-unsaturated/α-hetero) is 1. The molecule has 1 aromatic rings. The molecule has 7 heteroatoms. The number of hydrogen-bond acceptors (Lipinski definition) is 7. The predicted molar refractivity (Wildman–Crippen MR) is 104 cm³/mol. The molecule has 2 atom stereocenters. The lowest BCUT2D eigenvalue weighted by Crippen LogP contribution is -2.42. The van der Waals surface area contributed by atoms with Gasteiger partial charge in [0.25, 0.3) is 5.79 Å². The fourth-order valence-electron chi connectivity index (χ4n) is 3.46. The summed E-state index contributed by atoms with van der Waals surface area (Å²) in [4.78, 5) is 39.2. The van der Waals surface area contributed by atoms with Gasteiger partial charge in [0, 0.05) is 18.2 Å². The van der Waals surface area contributed by atoms with Crippen LogP contribution in [0.5, 0.6) is 0 Å². The number of benzene rings is 1. The number of rotatable bonds is 3. The molecule has 29 heavy (non-hydrogen) atoms. The minimum atomic E-state index is -1.89. The van der Waals surface area contributed by atoms with Gasteiger partial charge in [-0.2, -0.15) is 0 Å². The quantitative estimate of drug-likeness (QED) is 0.718. The van der Waals surface area contributed by atoms with Gasteiger partial charge < -0.3 is 18.9 Å². The van der Waals surface area contributed by atoms with Crippen molar-refractivity contribution in [2.75, 3.05) is 7.11 Å². The smallest absolute Gasteiger partial charge is 0.340 e. The molecular formula is C22H26O7. The van der Waals surface area contributed by atoms with Crippen molar-refractivity contribution in [2.45, 2.75) is 64.6 Å². The molecule has 0 saturated carbocycles. The third-order valence-electron chi connectivity index (χ3n) is 4.41. The number of carbonyl (C=O) groups excluding carboxylic acids is 3. The first-order chi connectivity index (χ1) is 13.3. The largest absolute Gasteiger partial charge is 0.458 e. The van der Waals surface area contributed by atoms with Crippen LogP contribution in [0.25, 0.3) is 5.57 Å². The molecule has 0 N–H and O–H groups in total. The summed E-state index contributed by atoms with van der Waals surface area (Å²) in [5, 5.41) is 0. The van der Waals surface area contributed by atoms with E-state index in [9.17, 15) is 14.4 Å². The maximum absolute atomic E-state index is 13.1. The average Bonchev–Trinajstić information content (AvgIpc) is 3.05. The molecule has 0 spiro atoms. The molecule has 1 aliphatic carbocycles. The van der Waals surface area contributed by atoms with Gasteiger partial charge in [0.05, 0.1) is 5.57 Å². The molecule has 0 aromatic heterocycles. The lowest BCUT2D eigenvalue weighted by molar-refractivity contribution is -0.190. The second kappa shape index (κ2) is 6.78. The zero-order valence-electron chi connectivity index (χ0n) is 17.7. The van der Waals surface area contributed by atoms with E-state index >= 15 is 0 Å². The summed E-state index contributed by atoms with van der Waals surface area (Å²) in [5.74, 6) is -3.91. The maximum Gasteiger partial charge on any atom is 0.340 e. The number of esters is 2. The monoisotopic (exact) mass is 402 g/mol. The summed E-state index contributed by atoms with van der Waals surface area (Å²) in [6.45, 7) is 10.2. The van der Waals surface area contributed by atoms with Crippen LogP contribution in [0, 0.1) is 0 Å². The van der Waals surface area contributed by atoms with Gasteiger partial charge in [0.15, 0.2) is 6.10 Å². The van der Waals surface area contributed by atoms with Crippen molar-refractivity contribution in [3.63, 3.8) is 0 Å². The van der Waals surface area contributed by atoms with E-state index in [1.54, 1.807) is 65.8 Å². The van der Waals surface area contributed by atoms with E-state index in [-0.39, 0.29) is 11.1 Å². The van der Waals surface area contributed by atoms with Crippen molar-refractivity contribution in [3.8, 4) is 0 Å². The lowest BCUT2D eigenvalue weighted by atomic mass is 9.97. The molecule has 0 unspecified atom stereocenters. The third kappa shape index (κ3) is 3.60. The molecular weight excluding hydrogens is 376 g/mol. The second-order valence-electron chi connectivity index (χ2n) is 9.02. The Bertz CT molecular complexity index is 914. The highest BCUT2D eigenvalue weighted by atomic mass is 16.7. The van der Waals surface area contributed by atoms with E-state index in [1.807, 2.05) is 0 Å². The first kappa shape index (κ1) is 21.2. The molecule has 0 radical (unpaired) electrons. The molecule has 0 saturated heterocycles. The van der Waals surface area contributed by atoms with E-state index in [2.05, 4.69) is 0 Å². The van der Waals surface area contributed by atoms with E-state index < -0.39 is 40.8 Å². The van der Waals surface area contributed by atoms with Crippen molar-refractivity contribution in [2.24, 2.45) is 0 Å². The minimum absolute atomic E-state index is 0.0747. The number of methoxy groups -OCH3 is 1. The third-order valence-corrected chi connectivity index (χ3v) is 4.41. The fourth-order valence-corrected chi connectivity index (χ4v) is 3.46. The summed E-state index contributed by atoms with van der Waals surface area (Å²) in [7, 11) is 1.30. The van der Waals surface area contributed by atoms with Crippen molar-refractivity contribution in [1.82, 2.24) is 0 Å². The first-order valence-electron chi connectivity index (χ1n) is 9.39. The summed E-state index contributed by atoms with van der Waals surface area (Å²) in [6, 6.07) is 6.76. The van der Waals surface area contributed by atoms with Gasteiger partial charge in [-0.05, 0) is 47.1 Å². The van der Waals surface area contributed by atoms with Crippen LogP contribution in [-0.4, -0.2) is 47.9 Å². The van der Waals surface area contributed by atoms with Crippen LogP contribution in [-0.2, 0) is 28.5 Å². The van der Waals surface area contributed by atoms with Crippen LogP contribution in [0.3, 0.4) is 0 Å². The Morgan fingerprint density at radius 2 is 1.52 bits per heavy atom. The van der Waals surface area contributed by atoms with E-state index in [4.69, 9.17) is 18.9 Å².